The van der Waals surface area contributed by atoms with Gasteiger partial charge in [-0.05, 0) is 24.3 Å². The number of benzene rings is 2. The topological polar surface area (TPSA) is 69.7 Å². The number of nitrogens with zero attached hydrogens (tertiary/aromatic N) is 2. The summed E-state index contributed by atoms with van der Waals surface area (Å²) in [5, 5.41) is 2.66. The van der Waals surface area contributed by atoms with Crippen molar-refractivity contribution >= 4 is 29.2 Å². The molecule has 1 heterocycles. The van der Waals surface area contributed by atoms with Gasteiger partial charge in [0.2, 0.25) is 5.91 Å². The Morgan fingerprint density at radius 1 is 0.957 bits per heavy atom. The quantitative estimate of drug-likeness (QED) is 0.879. The number of para-hydroxylation sites is 2. The van der Waals surface area contributed by atoms with Crippen LogP contribution in [0.1, 0.15) is 0 Å². The van der Waals surface area contributed by atoms with Gasteiger partial charge in [-0.25, -0.2) is 4.79 Å². The molecular weight excluding hydrogens is 294 g/mol. The second-order valence-electron chi connectivity index (χ2n) is 5.10. The van der Waals surface area contributed by atoms with Crippen molar-refractivity contribution in [3.8, 4) is 0 Å². The molecule has 23 heavy (non-hydrogen) atoms. The zero-order valence-electron chi connectivity index (χ0n) is 12.3. The van der Waals surface area contributed by atoms with Gasteiger partial charge in [0.25, 0.3) is 5.91 Å². The highest BCUT2D eigenvalue weighted by atomic mass is 16.2. The Hall–Kier alpha value is -3.15. The van der Waals surface area contributed by atoms with Gasteiger partial charge in [0.05, 0.1) is 0 Å². The van der Waals surface area contributed by atoms with Crippen molar-refractivity contribution in [2.24, 2.45) is 0 Å². The minimum Gasteiger partial charge on any atom is -0.325 e. The summed E-state index contributed by atoms with van der Waals surface area (Å²) in [5.74, 6) is -0.796. The molecule has 0 saturated carbocycles. The SMILES string of the molecule is O=C(CN1C(=O)CN(c2ccccc2)C1=O)Nc1ccccc1. The first-order valence-electron chi connectivity index (χ1n) is 7.17. The van der Waals surface area contributed by atoms with Crippen LogP contribution in [0.4, 0.5) is 16.2 Å². The standard InChI is InChI=1S/C17H15N3O3/c21-15(18-13-7-3-1-4-8-13)11-20-16(22)12-19(17(20)23)14-9-5-2-6-10-14/h1-10H,11-12H2,(H,18,21). The van der Waals surface area contributed by atoms with E-state index in [9.17, 15) is 14.4 Å². The Labute approximate surface area is 133 Å². The molecule has 1 aliphatic rings. The summed E-state index contributed by atoms with van der Waals surface area (Å²) in [4.78, 5) is 38.7. The predicted octanol–water partition coefficient (Wildman–Crippen LogP) is 2.09. The van der Waals surface area contributed by atoms with Crippen LogP contribution in [0.2, 0.25) is 0 Å². The predicted molar refractivity (Wildman–Crippen MR) is 86.0 cm³/mol. The first kappa shape index (κ1) is 14.8. The van der Waals surface area contributed by atoms with Gasteiger partial charge in [0.15, 0.2) is 0 Å². The maximum absolute atomic E-state index is 12.4. The van der Waals surface area contributed by atoms with Crippen molar-refractivity contribution in [3.63, 3.8) is 0 Å². The van der Waals surface area contributed by atoms with Crippen molar-refractivity contribution in [1.82, 2.24) is 4.90 Å². The van der Waals surface area contributed by atoms with Gasteiger partial charge in [-0.2, -0.15) is 0 Å². The highest BCUT2D eigenvalue weighted by Crippen LogP contribution is 2.20. The number of carbonyl (C=O) groups is 3. The van der Waals surface area contributed by atoms with Crippen molar-refractivity contribution in [1.29, 1.82) is 0 Å². The minimum atomic E-state index is -0.482. The van der Waals surface area contributed by atoms with Crippen LogP contribution >= 0.6 is 0 Å². The minimum absolute atomic E-state index is 0.0541. The van der Waals surface area contributed by atoms with Gasteiger partial charge in [0.1, 0.15) is 13.1 Å². The molecule has 0 aromatic heterocycles. The van der Waals surface area contributed by atoms with Crippen LogP contribution < -0.4 is 10.2 Å². The second kappa shape index (κ2) is 6.31. The van der Waals surface area contributed by atoms with Crippen LogP contribution in [0.5, 0.6) is 0 Å². The summed E-state index contributed by atoms with van der Waals surface area (Å²) in [6.07, 6.45) is 0. The molecule has 1 fully saturated rings. The number of hydrogen-bond acceptors (Lipinski definition) is 3. The zero-order valence-corrected chi connectivity index (χ0v) is 12.3. The van der Waals surface area contributed by atoms with E-state index in [-0.39, 0.29) is 19.0 Å². The Morgan fingerprint density at radius 2 is 1.57 bits per heavy atom. The maximum atomic E-state index is 12.4. The van der Waals surface area contributed by atoms with Crippen molar-refractivity contribution in [2.45, 2.75) is 0 Å². The average molecular weight is 309 g/mol. The van der Waals surface area contributed by atoms with E-state index in [1.54, 1.807) is 48.5 Å². The normalized spacial score (nSPS) is 14.3. The summed E-state index contributed by atoms with van der Waals surface area (Å²) in [6.45, 7) is -0.350. The van der Waals surface area contributed by atoms with Crippen LogP contribution in [-0.4, -0.2) is 35.8 Å². The third-order valence-corrected chi connectivity index (χ3v) is 3.48. The number of carbonyl (C=O) groups excluding carboxylic acids is 3. The summed E-state index contributed by atoms with van der Waals surface area (Å²) in [5.41, 5.74) is 1.26. The highest BCUT2D eigenvalue weighted by molar-refractivity contribution is 6.14. The van der Waals surface area contributed by atoms with Crippen LogP contribution in [0.25, 0.3) is 0 Å². The number of nitrogens with one attached hydrogen (secondary N) is 1. The zero-order chi connectivity index (χ0) is 16.2. The molecule has 2 aromatic carbocycles. The van der Waals surface area contributed by atoms with E-state index in [4.69, 9.17) is 0 Å². The van der Waals surface area contributed by atoms with E-state index in [0.29, 0.717) is 11.4 Å². The third kappa shape index (κ3) is 3.21. The molecule has 3 rings (SSSR count). The Morgan fingerprint density at radius 3 is 2.22 bits per heavy atom. The molecule has 0 radical (unpaired) electrons. The Balaban J connectivity index is 1.67. The number of hydrogen-bond donors (Lipinski definition) is 1. The summed E-state index contributed by atoms with van der Waals surface area (Å²) >= 11 is 0. The molecule has 6 nitrogen and oxygen atoms in total. The van der Waals surface area contributed by atoms with Crippen LogP contribution in [0.3, 0.4) is 0 Å². The fourth-order valence-electron chi connectivity index (χ4n) is 2.37. The van der Waals surface area contributed by atoms with Gasteiger partial charge in [0, 0.05) is 11.4 Å². The van der Waals surface area contributed by atoms with E-state index >= 15 is 0 Å². The lowest BCUT2D eigenvalue weighted by Crippen LogP contribution is -2.39. The molecule has 0 spiro atoms. The summed E-state index contributed by atoms with van der Waals surface area (Å²) in [6, 6.07) is 17.3. The molecule has 1 N–H and O–H groups in total. The van der Waals surface area contributed by atoms with E-state index in [1.165, 1.54) is 4.90 Å². The van der Waals surface area contributed by atoms with E-state index in [0.717, 1.165) is 4.90 Å². The smallest absolute Gasteiger partial charge is 0.325 e. The van der Waals surface area contributed by atoms with Crippen LogP contribution in [0, 0.1) is 0 Å². The number of urea groups is 1. The molecule has 4 amide bonds. The molecule has 0 aliphatic carbocycles. The lowest BCUT2D eigenvalue weighted by Gasteiger charge is -2.16. The number of imide groups is 1. The fraction of sp³-hybridized carbons (Fsp3) is 0.118. The molecule has 0 atom stereocenters. The van der Waals surface area contributed by atoms with E-state index in [1.807, 2.05) is 12.1 Å². The molecular formula is C17H15N3O3. The van der Waals surface area contributed by atoms with E-state index in [2.05, 4.69) is 5.32 Å². The molecule has 0 bridgehead atoms. The summed E-state index contributed by atoms with van der Waals surface area (Å²) < 4.78 is 0. The second-order valence-corrected chi connectivity index (χ2v) is 5.10. The molecule has 0 unspecified atom stereocenters. The van der Waals surface area contributed by atoms with Gasteiger partial charge in [-0.3, -0.25) is 19.4 Å². The van der Waals surface area contributed by atoms with Crippen LogP contribution in [-0.2, 0) is 9.59 Å². The van der Waals surface area contributed by atoms with Gasteiger partial charge in [-0.15, -0.1) is 0 Å². The Kier molecular flexibility index (Phi) is 4.05. The van der Waals surface area contributed by atoms with Gasteiger partial charge < -0.3 is 5.32 Å². The van der Waals surface area contributed by atoms with Crippen molar-refractivity contribution < 1.29 is 14.4 Å². The number of amides is 4. The lowest BCUT2D eigenvalue weighted by atomic mass is 10.3. The highest BCUT2D eigenvalue weighted by Gasteiger charge is 2.37. The number of anilines is 2. The maximum Gasteiger partial charge on any atom is 0.332 e. The fourth-order valence-corrected chi connectivity index (χ4v) is 2.37. The molecule has 116 valence electrons. The average Bonchev–Trinajstić information content (AvgIpc) is 2.85. The lowest BCUT2D eigenvalue weighted by molar-refractivity contribution is -0.128. The van der Waals surface area contributed by atoms with Crippen molar-refractivity contribution in [2.75, 3.05) is 23.3 Å². The number of rotatable bonds is 4. The Bertz CT molecular complexity index is 731. The molecule has 2 aromatic rings. The first-order chi connectivity index (χ1) is 11.1. The monoisotopic (exact) mass is 309 g/mol. The first-order valence-corrected chi connectivity index (χ1v) is 7.17. The third-order valence-electron chi connectivity index (χ3n) is 3.48. The van der Waals surface area contributed by atoms with Crippen LogP contribution in [0.15, 0.2) is 60.7 Å². The van der Waals surface area contributed by atoms with Crippen molar-refractivity contribution in [3.05, 3.63) is 60.7 Å². The van der Waals surface area contributed by atoms with E-state index < -0.39 is 11.9 Å². The molecule has 1 aliphatic heterocycles. The molecule has 1 saturated heterocycles. The van der Waals surface area contributed by atoms with Gasteiger partial charge in [-0.1, -0.05) is 36.4 Å². The van der Waals surface area contributed by atoms with Gasteiger partial charge >= 0.3 is 6.03 Å². The largest absolute Gasteiger partial charge is 0.332 e. The molecule has 6 heteroatoms. The summed E-state index contributed by atoms with van der Waals surface area (Å²) in [7, 11) is 0.